The molecule has 3 nitrogen and oxygen atoms in total. The Balaban J connectivity index is 1.28. The molecule has 0 aliphatic heterocycles. The van der Waals surface area contributed by atoms with Crippen LogP contribution in [0.15, 0.2) is 42.6 Å². The van der Waals surface area contributed by atoms with Crippen molar-refractivity contribution in [3.05, 3.63) is 59.4 Å². The molecule has 3 heteroatoms. The average molecular weight is 391 g/mol. The Morgan fingerprint density at radius 2 is 2.07 bits per heavy atom. The Morgan fingerprint density at radius 1 is 1.14 bits per heavy atom. The van der Waals surface area contributed by atoms with E-state index < -0.39 is 0 Å². The molecule has 1 N–H and O–H groups in total. The minimum atomic E-state index is 0.454. The molecule has 3 aliphatic carbocycles. The first kappa shape index (κ1) is 19.1. The molecule has 0 bridgehead atoms. The molecule has 2 saturated carbocycles. The molecule has 1 heterocycles. The summed E-state index contributed by atoms with van der Waals surface area (Å²) in [5, 5.41) is 3.94. The van der Waals surface area contributed by atoms with Gasteiger partial charge in [0, 0.05) is 30.9 Å². The van der Waals surface area contributed by atoms with E-state index in [2.05, 4.69) is 47.6 Å². The summed E-state index contributed by atoms with van der Waals surface area (Å²) in [5.41, 5.74) is 4.81. The number of ether oxygens (including phenoxy) is 1. The molecule has 2 aromatic rings. The third-order valence-corrected chi connectivity index (χ3v) is 8.43. The van der Waals surface area contributed by atoms with Crippen molar-refractivity contribution in [2.75, 3.05) is 13.7 Å². The van der Waals surface area contributed by atoms with Gasteiger partial charge in [-0.3, -0.25) is 4.98 Å². The van der Waals surface area contributed by atoms with Crippen LogP contribution in [0.2, 0.25) is 0 Å². The summed E-state index contributed by atoms with van der Waals surface area (Å²) in [5.74, 6) is 3.50. The number of fused-ring (bicyclic) bond motifs is 5. The number of hydrogen-bond donors (Lipinski definition) is 1. The second-order valence-electron chi connectivity index (χ2n) is 9.68. The first-order chi connectivity index (χ1) is 14.2. The van der Waals surface area contributed by atoms with Crippen LogP contribution in [-0.4, -0.2) is 24.7 Å². The molecule has 5 rings (SSSR count). The Bertz CT molecular complexity index is 851. The van der Waals surface area contributed by atoms with Gasteiger partial charge in [0.25, 0.3) is 0 Å². The summed E-state index contributed by atoms with van der Waals surface area (Å²) in [6.07, 6.45) is 10.9. The fourth-order valence-corrected chi connectivity index (χ4v) is 6.94. The van der Waals surface area contributed by atoms with E-state index in [0.29, 0.717) is 11.5 Å². The van der Waals surface area contributed by atoms with Crippen LogP contribution in [0.4, 0.5) is 0 Å². The number of methoxy groups -OCH3 is 1. The molecule has 3 aliphatic rings. The standard InChI is InChI=1S/C26H34N2O/c1-26-14-12-22-21-9-7-20(29-2)17-18(21)6-8-23(22)24(26)10-11-25(26)28-16-13-19-5-3-4-15-27-19/h3-5,7,9,15,17,22-25,28H,6,8,10-14,16H2,1-2H3/t22?,23?,24?,25-,26-/m0/s1. The Labute approximate surface area is 175 Å². The lowest BCUT2D eigenvalue weighted by atomic mass is 9.55. The summed E-state index contributed by atoms with van der Waals surface area (Å²) in [7, 11) is 1.78. The van der Waals surface area contributed by atoms with Crippen molar-refractivity contribution >= 4 is 0 Å². The van der Waals surface area contributed by atoms with Crippen molar-refractivity contribution in [1.29, 1.82) is 0 Å². The van der Waals surface area contributed by atoms with Crippen molar-refractivity contribution in [2.45, 2.75) is 63.8 Å². The molecule has 0 radical (unpaired) electrons. The number of nitrogens with zero attached hydrogens (tertiary/aromatic N) is 1. The number of aryl methyl sites for hydroxylation is 1. The Kier molecular flexibility index (Phi) is 5.11. The number of benzene rings is 1. The van der Waals surface area contributed by atoms with E-state index in [9.17, 15) is 0 Å². The van der Waals surface area contributed by atoms with Crippen LogP contribution in [-0.2, 0) is 12.8 Å². The average Bonchev–Trinajstić information content (AvgIpc) is 3.10. The van der Waals surface area contributed by atoms with Gasteiger partial charge in [-0.2, -0.15) is 0 Å². The van der Waals surface area contributed by atoms with Crippen LogP contribution in [0.3, 0.4) is 0 Å². The molecule has 5 atom stereocenters. The SMILES string of the molecule is COc1ccc2c(c1)CCC1C2CC[C@@]2(C)C1CC[C@@H]2NCCc1ccccn1. The summed E-state index contributed by atoms with van der Waals surface area (Å²) in [4.78, 5) is 4.48. The van der Waals surface area contributed by atoms with Gasteiger partial charge in [0.05, 0.1) is 7.11 Å². The zero-order chi connectivity index (χ0) is 19.8. The summed E-state index contributed by atoms with van der Waals surface area (Å²) in [6, 6.07) is 13.7. The minimum absolute atomic E-state index is 0.454. The summed E-state index contributed by atoms with van der Waals surface area (Å²) in [6.45, 7) is 3.63. The van der Waals surface area contributed by atoms with Crippen LogP contribution in [0.25, 0.3) is 0 Å². The number of hydrogen-bond acceptors (Lipinski definition) is 3. The summed E-state index contributed by atoms with van der Waals surface area (Å²) >= 11 is 0. The van der Waals surface area contributed by atoms with Gasteiger partial charge in [0.2, 0.25) is 0 Å². The van der Waals surface area contributed by atoms with E-state index in [4.69, 9.17) is 4.74 Å². The first-order valence-electron chi connectivity index (χ1n) is 11.5. The van der Waals surface area contributed by atoms with Crippen LogP contribution in [0.1, 0.15) is 61.8 Å². The quantitative estimate of drug-likeness (QED) is 0.767. The number of nitrogens with one attached hydrogen (secondary N) is 1. The predicted molar refractivity (Wildman–Crippen MR) is 117 cm³/mol. The van der Waals surface area contributed by atoms with Gasteiger partial charge in [-0.05, 0) is 97.1 Å². The van der Waals surface area contributed by atoms with Crippen molar-refractivity contribution in [3.8, 4) is 5.75 Å². The zero-order valence-corrected chi connectivity index (χ0v) is 17.9. The van der Waals surface area contributed by atoms with Crippen molar-refractivity contribution < 1.29 is 4.74 Å². The number of pyridine rings is 1. The second-order valence-corrected chi connectivity index (χ2v) is 9.68. The molecule has 154 valence electrons. The Morgan fingerprint density at radius 3 is 2.90 bits per heavy atom. The largest absolute Gasteiger partial charge is 0.497 e. The Hall–Kier alpha value is -1.87. The van der Waals surface area contributed by atoms with E-state index in [0.717, 1.165) is 36.5 Å². The van der Waals surface area contributed by atoms with Crippen LogP contribution < -0.4 is 10.1 Å². The highest BCUT2D eigenvalue weighted by molar-refractivity contribution is 5.40. The molecule has 0 saturated heterocycles. The number of rotatable bonds is 5. The summed E-state index contributed by atoms with van der Waals surface area (Å²) < 4.78 is 5.47. The zero-order valence-electron chi connectivity index (χ0n) is 17.9. The fraction of sp³-hybridized carbons (Fsp3) is 0.577. The monoisotopic (exact) mass is 390 g/mol. The molecular formula is C26H34N2O. The normalized spacial score (nSPS) is 32.9. The molecule has 1 aromatic carbocycles. The van der Waals surface area contributed by atoms with Gasteiger partial charge in [-0.1, -0.05) is 19.1 Å². The third-order valence-electron chi connectivity index (χ3n) is 8.43. The van der Waals surface area contributed by atoms with Crippen molar-refractivity contribution in [3.63, 3.8) is 0 Å². The van der Waals surface area contributed by atoms with E-state index in [1.54, 1.807) is 12.7 Å². The smallest absolute Gasteiger partial charge is 0.119 e. The lowest BCUT2D eigenvalue weighted by Crippen LogP contribution is -2.49. The van der Waals surface area contributed by atoms with Crippen molar-refractivity contribution in [1.82, 2.24) is 10.3 Å². The van der Waals surface area contributed by atoms with Gasteiger partial charge in [-0.15, -0.1) is 0 Å². The van der Waals surface area contributed by atoms with Gasteiger partial charge in [-0.25, -0.2) is 0 Å². The highest BCUT2D eigenvalue weighted by atomic mass is 16.5. The first-order valence-corrected chi connectivity index (χ1v) is 11.5. The molecule has 3 unspecified atom stereocenters. The maximum absolute atomic E-state index is 5.47. The number of aromatic nitrogens is 1. The molecule has 1 aromatic heterocycles. The van der Waals surface area contributed by atoms with E-state index in [1.807, 2.05) is 12.3 Å². The third kappa shape index (κ3) is 3.38. The maximum Gasteiger partial charge on any atom is 0.119 e. The van der Waals surface area contributed by atoms with Crippen molar-refractivity contribution in [2.24, 2.45) is 17.3 Å². The van der Waals surface area contributed by atoms with Gasteiger partial charge in [0.15, 0.2) is 0 Å². The van der Waals surface area contributed by atoms with E-state index >= 15 is 0 Å². The minimum Gasteiger partial charge on any atom is -0.497 e. The van der Waals surface area contributed by atoms with Crippen LogP contribution >= 0.6 is 0 Å². The second kappa shape index (κ2) is 7.75. The topological polar surface area (TPSA) is 34.1 Å². The predicted octanol–water partition coefficient (Wildman–Crippen LogP) is 5.15. The molecule has 0 amide bonds. The molecule has 0 spiro atoms. The molecular weight excluding hydrogens is 356 g/mol. The molecule has 2 fully saturated rings. The van der Waals surface area contributed by atoms with E-state index in [1.165, 1.54) is 49.8 Å². The highest BCUT2D eigenvalue weighted by Gasteiger charge is 2.54. The van der Waals surface area contributed by atoms with Gasteiger partial charge in [0.1, 0.15) is 5.75 Å². The van der Waals surface area contributed by atoms with Gasteiger partial charge < -0.3 is 10.1 Å². The molecule has 29 heavy (non-hydrogen) atoms. The highest BCUT2D eigenvalue weighted by Crippen LogP contribution is 2.60. The lowest BCUT2D eigenvalue weighted by Gasteiger charge is -2.51. The lowest BCUT2D eigenvalue weighted by molar-refractivity contribution is 0.0414. The van der Waals surface area contributed by atoms with Gasteiger partial charge >= 0.3 is 0 Å². The van der Waals surface area contributed by atoms with Crippen LogP contribution in [0, 0.1) is 17.3 Å². The fourth-order valence-electron chi connectivity index (χ4n) is 6.94. The van der Waals surface area contributed by atoms with Crippen LogP contribution in [0.5, 0.6) is 5.75 Å². The maximum atomic E-state index is 5.47. The van der Waals surface area contributed by atoms with E-state index in [-0.39, 0.29) is 0 Å².